The fourth-order valence-electron chi connectivity index (χ4n) is 3.32. The molecule has 0 bridgehead atoms. The van der Waals surface area contributed by atoms with Crippen molar-refractivity contribution in [2.45, 2.75) is 39.0 Å². The summed E-state index contributed by atoms with van der Waals surface area (Å²) in [6.45, 7) is 4.71. The van der Waals surface area contributed by atoms with E-state index in [1.807, 2.05) is 6.92 Å². The lowest BCUT2D eigenvalue weighted by molar-refractivity contribution is 0.169. The molecule has 0 saturated heterocycles. The Kier molecular flexibility index (Phi) is 7.46. The first-order chi connectivity index (χ1) is 13.7. The maximum atomic E-state index is 12.5. The minimum atomic E-state index is -0.687. The van der Waals surface area contributed by atoms with Crippen LogP contribution in [-0.4, -0.2) is 41.5 Å². The van der Waals surface area contributed by atoms with Gasteiger partial charge < -0.3 is 20.1 Å². The summed E-state index contributed by atoms with van der Waals surface area (Å²) in [5.74, 6) is 0.207. The van der Waals surface area contributed by atoms with Gasteiger partial charge >= 0.3 is 5.69 Å². The number of aliphatic hydroxyl groups is 1. The number of fused-ring (bicyclic) bond motifs is 1. The van der Waals surface area contributed by atoms with E-state index in [1.165, 1.54) is 11.6 Å². The van der Waals surface area contributed by atoms with Crippen LogP contribution in [0.3, 0.4) is 0 Å². The van der Waals surface area contributed by atoms with Crippen molar-refractivity contribution >= 4 is 23.6 Å². The van der Waals surface area contributed by atoms with E-state index >= 15 is 0 Å². The van der Waals surface area contributed by atoms with Gasteiger partial charge in [0.05, 0.1) is 12.4 Å². The molecule has 2 heterocycles. The van der Waals surface area contributed by atoms with Crippen LogP contribution in [0.5, 0.6) is 5.75 Å². The Morgan fingerprint density at radius 2 is 1.90 bits per heavy atom. The first-order valence-corrected chi connectivity index (χ1v) is 9.52. The summed E-state index contributed by atoms with van der Waals surface area (Å²) in [5, 5.41) is 23.3. The number of nitrogens with one attached hydrogen (secondary N) is 1. The number of rotatable bonds is 7. The maximum Gasteiger partial charge on any atom is 0.332 e. The van der Waals surface area contributed by atoms with E-state index in [0.29, 0.717) is 30.7 Å². The Balaban J connectivity index is 0.00000320. The summed E-state index contributed by atoms with van der Waals surface area (Å²) in [4.78, 5) is 28.7. The summed E-state index contributed by atoms with van der Waals surface area (Å²) in [6.07, 6.45) is 1.60. The van der Waals surface area contributed by atoms with E-state index in [1.54, 1.807) is 43.1 Å². The molecule has 0 amide bonds. The molecule has 0 spiro atoms. The number of halogens is 1. The maximum absolute atomic E-state index is 12.5. The van der Waals surface area contributed by atoms with Gasteiger partial charge in [-0.25, -0.2) is 9.78 Å². The molecule has 0 saturated carbocycles. The van der Waals surface area contributed by atoms with Crippen LogP contribution in [0, 0.1) is 6.92 Å². The lowest BCUT2D eigenvalue weighted by Gasteiger charge is -2.18. The van der Waals surface area contributed by atoms with Crippen molar-refractivity contribution in [3.8, 4) is 5.75 Å². The molecule has 0 fully saturated rings. The summed E-state index contributed by atoms with van der Waals surface area (Å²) in [7, 11) is 3.05. The number of hydrogen-bond acceptors (Lipinski definition) is 6. The van der Waals surface area contributed by atoms with E-state index in [9.17, 15) is 19.8 Å². The highest BCUT2D eigenvalue weighted by Crippen LogP contribution is 2.21. The zero-order valence-corrected chi connectivity index (χ0v) is 18.3. The number of aryl methyl sites for hydroxylation is 3. The van der Waals surface area contributed by atoms with Crippen LogP contribution in [0.1, 0.15) is 30.6 Å². The van der Waals surface area contributed by atoms with E-state index in [-0.39, 0.29) is 29.8 Å². The van der Waals surface area contributed by atoms with Crippen LogP contribution in [0.2, 0.25) is 0 Å². The molecule has 0 radical (unpaired) electrons. The number of aromatic nitrogens is 4. The van der Waals surface area contributed by atoms with Crippen LogP contribution < -0.4 is 16.6 Å². The fraction of sp³-hybridized carbons (Fsp3) is 0.450. The lowest BCUT2D eigenvalue weighted by atomic mass is 10.1. The molecule has 164 valence electrons. The SMILES string of the molecule is Cc1cc(C(O)CNC(C)CCn2cnc3c2c(=O)n(C)c(=O)n3C)ccc1O.Cl. The average molecular weight is 438 g/mol. The first kappa shape index (κ1) is 23.7. The highest BCUT2D eigenvalue weighted by Gasteiger charge is 2.15. The van der Waals surface area contributed by atoms with Crippen molar-refractivity contribution < 1.29 is 10.2 Å². The largest absolute Gasteiger partial charge is 0.508 e. The van der Waals surface area contributed by atoms with Gasteiger partial charge in [-0.3, -0.25) is 13.9 Å². The van der Waals surface area contributed by atoms with E-state index < -0.39 is 11.8 Å². The molecule has 9 nitrogen and oxygen atoms in total. The molecule has 3 rings (SSSR count). The van der Waals surface area contributed by atoms with Gasteiger partial charge in [-0.1, -0.05) is 6.07 Å². The van der Waals surface area contributed by atoms with Gasteiger partial charge in [0.25, 0.3) is 5.56 Å². The van der Waals surface area contributed by atoms with Gasteiger partial charge in [0, 0.05) is 33.2 Å². The molecule has 0 aliphatic heterocycles. The zero-order chi connectivity index (χ0) is 21.3. The third kappa shape index (κ3) is 4.58. The second kappa shape index (κ2) is 9.46. The normalized spacial score (nSPS) is 13.2. The number of hydrogen-bond donors (Lipinski definition) is 3. The van der Waals surface area contributed by atoms with Crippen molar-refractivity contribution in [2.24, 2.45) is 14.1 Å². The number of imidazole rings is 1. The number of phenolic OH excluding ortho intramolecular Hbond substituents is 1. The van der Waals surface area contributed by atoms with Crippen LogP contribution in [0.15, 0.2) is 34.1 Å². The summed E-state index contributed by atoms with van der Waals surface area (Å²) in [6, 6.07) is 5.13. The molecule has 2 aromatic heterocycles. The number of nitrogens with zero attached hydrogens (tertiary/aromatic N) is 4. The Morgan fingerprint density at radius 3 is 2.57 bits per heavy atom. The van der Waals surface area contributed by atoms with Gasteiger partial charge in [-0.05, 0) is 43.5 Å². The van der Waals surface area contributed by atoms with Gasteiger partial charge in [0.2, 0.25) is 0 Å². The fourth-order valence-corrected chi connectivity index (χ4v) is 3.32. The van der Waals surface area contributed by atoms with Crippen molar-refractivity contribution in [1.82, 2.24) is 24.0 Å². The second-order valence-electron chi connectivity index (χ2n) is 7.48. The molecule has 2 atom stereocenters. The summed E-state index contributed by atoms with van der Waals surface area (Å²) >= 11 is 0. The minimum Gasteiger partial charge on any atom is -0.508 e. The smallest absolute Gasteiger partial charge is 0.332 e. The van der Waals surface area contributed by atoms with Gasteiger partial charge in [0.1, 0.15) is 5.75 Å². The number of aromatic hydroxyl groups is 1. The zero-order valence-electron chi connectivity index (χ0n) is 17.5. The molecule has 10 heteroatoms. The Morgan fingerprint density at radius 1 is 1.20 bits per heavy atom. The molecule has 2 unspecified atom stereocenters. The molecule has 3 aromatic rings. The summed E-state index contributed by atoms with van der Waals surface area (Å²) < 4.78 is 4.21. The van der Waals surface area contributed by atoms with Crippen molar-refractivity contribution in [2.75, 3.05) is 6.54 Å². The quantitative estimate of drug-likeness (QED) is 0.507. The standard InChI is InChI=1S/C20H27N5O4.ClH/c1-12-9-14(5-6-15(12)26)16(27)10-21-13(2)7-8-25-11-22-18-17(25)19(28)24(4)20(29)23(18)3;/h5-6,9,11,13,16,21,26-27H,7-8,10H2,1-4H3;1H. The molecular formula is C20H28ClN5O4. The van der Waals surface area contributed by atoms with Gasteiger partial charge in [0.15, 0.2) is 11.2 Å². The monoisotopic (exact) mass is 437 g/mol. The van der Waals surface area contributed by atoms with Crippen molar-refractivity contribution in [3.63, 3.8) is 0 Å². The lowest BCUT2D eigenvalue weighted by Crippen LogP contribution is -2.37. The van der Waals surface area contributed by atoms with Crippen LogP contribution in [0.4, 0.5) is 0 Å². The molecule has 0 aliphatic carbocycles. The van der Waals surface area contributed by atoms with E-state index in [4.69, 9.17) is 0 Å². The third-order valence-corrected chi connectivity index (χ3v) is 5.29. The van der Waals surface area contributed by atoms with Crippen LogP contribution in [-0.2, 0) is 20.6 Å². The predicted molar refractivity (Wildman–Crippen MR) is 117 cm³/mol. The van der Waals surface area contributed by atoms with Crippen LogP contribution in [0.25, 0.3) is 11.2 Å². The molecule has 3 N–H and O–H groups in total. The summed E-state index contributed by atoms with van der Waals surface area (Å²) in [5.41, 5.74) is 1.47. The third-order valence-electron chi connectivity index (χ3n) is 5.29. The molecule has 0 aliphatic rings. The van der Waals surface area contributed by atoms with Gasteiger partial charge in [-0.15, -0.1) is 12.4 Å². The van der Waals surface area contributed by atoms with Crippen molar-refractivity contribution in [3.05, 3.63) is 56.5 Å². The molecule has 1 aromatic carbocycles. The topological polar surface area (TPSA) is 114 Å². The Labute approximate surface area is 180 Å². The number of aliphatic hydroxyl groups excluding tert-OH is 1. The van der Waals surface area contributed by atoms with E-state index in [0.717, 1.165) is 15.7 Å². The van der Waals surface area contributed by atoms with Crippen LogP contribution >= 0.6 is 12.4 Å². The highest BCUT2D eigenvalue weighted by atomic mass is 35.5. The Hall–Kier alpha value is -2.62. The van der Waals surface area contributed by atoms with Gasteiger partial charge in [-0.2, -0.15) is 0 Å². The highest BCUT2D eigenvalue weighted by molar-refractivity contribution is 5.85. The Bertz CT molecular complexity index is 1150. The minimum absolute atomic E-state index is 0. The van der Waals surface area contributed by atoms with E-state index in [2.05, 4.69) is 10.3 Å². The number of phenols is 1. The first-order valence-electron chi connectivity index (χ1n) is 9.52. The second-order valence-corrected chi connectivity index (χ2v) is 7.48. The average Bonchev–Trinajstić information content (AvgIpc) is 3.13. The number of benzene rings is 1. The predicted octanol–water partition coefficient (Wildman–Crippen LogP) is 0.971. The van der Waals surface area contributed by atoms with Crippen molar-refractivity contribution in [1.29, 1.82) is 0 Å². The molecular weight excluding hydrogens is 410 g/mol. The molecule has 30 heavy (non-hydrogen) atoms.